The summed E-state index contributed by atoms with van der Waals surface area (Å²) in [5, 5.41) is 7.11. The number of aryl methyl sites for hydroxylation is 3. The van der Waals surface area contributed by atoms with Gasteiger partial charge in [-0.2, -0.15) is 5.10 Å². The summed E-state index contributed by atoms with van der Waals surface area (Å²) in [6.07, 6.45) is 4.47. The third-order valence-corrected chi connectivity index (χ3v) is 4.68. The van der Waals surface area contributed by atoms with Gasteiger partial charge in [-0.15, -0.1) is 0 Å². The zero-order valence-corrected chi connectivity index (χ0v) is 17.1. The quantitative estimate of drug-likeness (QED) is 0.560. The van der Waals surface area contributed by atoms with Crippen molar-refractivity contribution in [2.75, 3.05) is 13.7 Å². The molecule has 152 valence electrons. The van der Waals surface area contributed by atoms with Crippen molar-refractivity contribution in [2.45, 2.75) is 33.4 Å². The van der Waals surface area contributed by atoms with Gasteiger partial charge in [0.2, 0.25) is 0 Å². The first-order valence-electron chi connectivity index (χ1n) is 9.69. The molecule has 0 fully saturated rings. The van der Waals surface area contributed by atoms with Gasteiger partial charge < -0.3 is 14.8 Å². The van der Waals surface area contributed by atoms with Gasteiger partial charge >= 0.3 is 0 Å². The van der Waals surface area contributed by atoms with Crippen molar-refractivity contribution in [2.24, 2.45) is 0 Å². The minimum Gasteiger partial charge on any atom is -0.496 e. The van der Waals surface area contributed by atoms with E-state index in [-0.39, 0.29) is 5.91 Å². The predicted octanol–water partition coefficient (Wildman–Crippen LogP) is 3.91. The molecule has 0 aliphatic carbocycles. The zero-order chi connectivity index (χ0) is 20.6. The molecule has 0 aliphatic rings. The van der Waals surface area contributed by atoms with Crippen molar-refractivity contribution in [1.82, 2.24) is 15.1 Å². The minimum absolute atomic E-state index is 0.110. The fraction of sp³-hybridized carbons (Fsp3) is 0.304. The lowest BCUT2D eigenvalue weighted by Crippen LogP contribution is -2.25. The molecule has 0 spiro atoms. The standard InChI is InChI=1S/C23H27N3O3/c1-17-6-7-18(2)22(14-17)29-16-20-15-19(8-9-21(20)28-3)23(27)24-10-4-12-26-13-5-11-25-26/h5-9,11,13-15H,4,10,12,16H2,1-3H3,(H,24,27). The normalized spacial score (nSPS) is 10.6. The summed E-state index contributed by atoms with van der Waals surface area (Å²) in [6.45, 7) is 5.72. The first-order valence-corrected chi connectivity index (χ1v) is 9.69. The molecule has 6 nitrogen and oxygen atoms in total. The summed E-state index contributed by atoms with van der Waals surface area (Å²) in [6, 6.07) is 13.4. The van der Waals surface area contributed by atoms with E-state index in [0.717, 1.165) is 35.4 Å². The summed E-state index contributed by atoms with van der Waals surface area (Å²) in [7, 11) is 1.62. The third-order valence-electron chi connectivity index (χ3n) is 4.68. The third kappa shape index (κ3) is 5.60. The molecule has 0 bridgehead atoms. The first-order chi connectivity index (χ1) is 14.1. The van der Waals surface area contributed by atoms with Gasteiger partial charge in [0.15, 0.2) is 0 Å². The van der Waals surface area contributed by atoms with E-state index in [1.165, 1.54) is 0 Å². The lowest BCUT2D eigenvalue weighted by molar-refractivity contribution is 0.0952. The summed E-state index contributed by atoms with van der Waals surface area (Å²) in [5.74, 6) is 1.42. The number of aromatic nitrogens is 2. The van der Waals surface area contributed by atoms with Crippen LogP contribution in [0.4, 0.5) is 0 Å². The largest absolute Gasteiger partial charge is 0.496 e. The second-order valence-electron chi connectivity index (χ2n) is 6.96. The monoisotopic (exact) mass is 393 g/mol. The van der Waals surface area contributed by atoms with E-state index in [9.17, 15) is 4.79 Å². The Morgan fingerprint density at radius 3 is 2.76 bits per heavy atom. The molecule has 3 rings (SSSR count). The number of amides is 1. The Morgan fingerprint density at radius 1 is 1.14 bits per heavy atom. The Kier molecular flexibility index (Phi) is 6.89. The first kappa shape index (κ1) is 20.5. The van der Waals surface area contributed by atoms with Crippen LogP contribution in [0, 0.1) is 13.8 Å². The van der Waals surface area contributed by atoms with Crippen LogP contribution in [0.3, 0.4) is 0 Å². The Hall–Kier alpha value is -3.28. The second kappa shape index (κ2) is 9.78. The highest BCUT2D eigenvalue weighted by Gasteiger charge is 2.11. The Bertz CT molecular complexity index is 952. The number of carbonyl (C=O) groups is 1. The van der Waals surface area contributed by atoms with E-state index in [4.69, 9.17) is 9.47 Å². The van der Waals surface area contributed by atoms with Crippen molar-refractivity contribution in [3.8, 4) is 11.5 Å². The van der Waals surface area contributed by atoms with Crippen LogP contribution in [0.5, 0.6) is 11.5 Å². The molecule has 2 aromatic carbocycles. The Morgan fingerprint density at radius 2 is 2.00 bits per heavy atom. The summed E-state index contributed by atoms with van der Waals surface area (Å²) < 4.78 is 13.3. The second-order valence-corrected chi connectivity index (χ2v) is 6.96. The molecule has 6 heteroatoms. The molecule has 0 saturated heterocycles. The number of hydrogen-bond donors (Lipinski definition) is 1. The zero-order valence-electron chi connectivity index (χ0n) is 17.1. The van der Waals surface area contributed by atoms with Crippen LogP contribution < -0.4 is 14.8 Å². The van der Waals surface area contributed by atoms with Crippen molar-refractivity contribution in [1.29, 1.82) is 0 Å². The van der Waals surface area contributed by atoms with Crippen LogP contribution in [0.25, 0.3) is 0 Å². The van der Waals surface area contributed by atoms with E-state index >= 15 is 0 Å². The predicted molar refractivity (Wildman–Crippen MR) is 112 cm³/mol. The molecule has 0 saturated carbocycles. The highest BCUT2D eigenvalue weighted by Crippen LogP contribution is 2.24. The fourth-order valence-corrected chi connectivity index (χ4v) is 3.03. The van der Waals surface area contributed by atoms with E-state index in [1.807, 2.05) is 49.0 Å². The number of nitrogens with one attached hydrogen (secondary N) is 1. The van der Waals surface area contributed by atoms with E-state index in [2.05, 4.69) is 16.5 Å². The van der Waals surface area contributed by atoms with Crippen LogP contribution in [0.15, 0.2) is 54.9 Å². The van der Waals surface area contributed by atoms with Crippen molar-refractivity contribution in [3.05, 3.63) is 77.1 Å². The average molecular weight is 393 g/mol. The summed E-state index contributed by atoms with van der Waals surface area (Å²) in [4.78, 5) is 12.5. The van der Waals surface area contributed by atoms with Gasteiger partial charge in [-0.1, -0.05) is 12.1 Å². The van der Waals surface area contributed by atoms with Gasteiger partial charge in [-0.25, -0.2) is 0 Å². The molecule has 29 heavy (non-hydrogen) atoms. The molecule has 1 N–H and O–H groups in total. The van der Waals surface area contributed by atoms with Crippen LogP contribution in [-0.4, -0.2) is 29.3 Å². The van der Waals surface area contributed by atoms with Crippen LogP contribution >= 0.6 is 0 Å². The highest BCUT2D eigenvalue weighted by molar-refractivity contribution is 5.94. The van der Waals surface area contributed by atoms with E-state index in [1.54, 1.807) is 25.4 Å². The maximum Gasteiger partial charge on any atom is 0.251 e. The number of ether oxygens (including phenoxy) is 2. The SMILES string of the molecule is COc1ccc(C(=O)NCCCn2cccn2)cc1COc1cc(C)ccc1C. The average Bonchev–Trinajstić information content (AvgIpc) is 3.25. The summed E-state index contributed by atoms with van der Waals surface area (Å²) in [5.41, 5.74) is 3.63. The lowest BCUT2D eigenvalue weighted by atomic mass is 10.1. The fourth-order valence-electron chi connectivity index (χ4n) is 3.03. The topological polar surface area (TPSA) is 65.4 Å². The smallest absolute Gasteiger partial charge is 0.251 e. The lowest BCUT2D eigenvalue weighted by Gasteiger charge is -2.14. The van der Waals surface area contributed by atoms with E-state index < -0.39 is 0 Å². The minimum atomic E-state index is -0.110. The Balaban J connectivity index is 1.61. The van der Waals surface area contributed by atoms with Crippen LogP contribution in [0.2, 0.25) is 0 Å². The molecule has 0 atom stereocenters. The van der Waals surface area contributed by atoms with Gasteiger partial charge in [0.1, 0.15) is 18.1 Å². The Labute approximate surface area is 171 Å². The highest BCUT2D eigenvalue weighted by atomic mass is 16.5. The molecule has 1 heterocycles. The molecule has 0 aliphatic heterocycles. The van der Waals surface area contributed by atoms with Crippen molar-refractivity contribution < 1.29 is 14.3 Å². The molecule has 1 aromatic heterocycles. The van der Waals surface area contributed by atoms with Crippen LogP contribution in [0.1, 0.15) is 33.5 Å². The molecule has 1 amide bonds. The number of hydrogen-bond acceptors (Lipinski definition) is 4. The maximum absolute atomic E-state index is 12.5. The van der Waals surface area contributed by atoms with Gasteiger partial charge in [0.25, 0.3) is 5.91 Å². The molecule has 0 radical (unpaired) electrons. The maximum atomic E-state index is 12.5. The molecular weight excluding hydrogens is 366 g/mol. The number of methoxy groups -OCH3 is 1. The van der Waals surface area contributed by atoms with Crippen molar-refractivity contribution in [3.63, 3.8) is 0 Å². The van der Waals surface area contributed by atoms with Gasteiger partial charge in [0, 0.05) is 36.6 Å². The van der Waals surface area contributed by atoms with Crippen LogP contribution in [-0.2, 0) is 13.2 Å². The number of rotatable bonds is 9. The van der Waals surface area contributed by atoms with Gasteiger partial charge in [-0.3, -0.25) is 9.48 Å². The molecule has 3 aromatic rings. The molecule has 0 unspecified atom stereocenters. The van der Waals surface area contributed by atoms with Gasteiger partial charge in [-0.05, 0) is 61.7 Å². The number of benzene rings is 2. The van der Waals surface area contributed by atoms with Gasteiger partial charge in [0.05, 0.1) is 7.11 Å². The van der Waals surface area contributed by atoms with E-state index in [0.29, 0.717) is 24.5 Å². The van der Waals surface area contributed by atoms with Crippen molar-refractivity contribution >= 4 is 5.91 Å². The number of nitrogens with zero attached hydrogens (tertiary/aromatic N) is 2. The molecular formula is C23H27N3O3. The number of carbonyl (C=O) groups excluding carboxylic acids is 1. The summed E-state index contributed by atoms with van der Waals surface area (Å²) >= 11 is 0.